The van der Waals surface area contributed by atoms with E-state index >= 15 is 0 Å². The number of methoxy groups -OCH3 is 1. The lowest BCUT2D eigenvalue weighted by atomic mass is 9.90. The third-order valence-corrected chi connectivity index (χ3v) is 4.73. The molecule has 0 aliphatic carbocycles. The van der Waals surface area contributed by atoms with Gasteiger partial charge in [-0.2, -0.15) is 0 Å². The van der Waals surface area contributed by atoms with Crippen molar-refractivity contribution in [2.75, 3.05) is 26.8 Å². The average molecular weight is 355 g/mol. The molecule has 1 amide bonds. The first-order valence-electron chi connectivity index (χ1n) is 8.90. The highest BCUT2D eigenvalue weighted by atomic mass is 16.5. The van der Waals surface area contributed by atoms with E-state index in [9.17, 15) is 4.79 Å². The molecule has 6 nitrogen and oxygen atoms in total. The van der Waals surface area contributed by atoms with E-state index in [-0.39, 0.29) is 5.91 Å². The minimum absolute atomic E-state index is 0.00857. The number of rotatable bonds is 7. The quantitative estimate of drug-likeness (QED) is 0.775. The number of nitrogens with zero attached hydrogens (tertiary/aromatic N) is 2. The lowest BCUT2D eigenvalue weighted by Gasteiger charge is -2.31. The van der Waals surface area contributed by atoms with Gasteiger partial charge in [0.25, 0.3) is 5.91 Å². The topological polar surface area (TPSA) is 67.5 Å². The maximum absolute atomic E-state index is 12.3. The van der Waals surface area contributed by atoms with Crippen LogP contribution in [0, 0.1) is 5.92 Å². The summed E-state index contributed by atoms with van der Waals surface area (Å²) in [5, 5.41) is 0. The molecule has 1 N–H and O–H groups in total. The summed E-state index contributed by atoms with van der Waals surface area (Å²) in [6, 6.07) is 6.08. The fraction of sp³-hybridized carbons (Fsp3) is 0.400. The molecule has 1 aromatic heterocycles. The third kappa shape index (κ3) is 4.25. The van der Waals surface area contributed by atoms with E-state index in [4.69, 9.17) is 9.47 Å². The minimum Gasteiger partial charge on any atom is -0.493 e. The van der Waals surface area contributed by atoms with Gasteiger partial charge in [-0.05, 0) is 42.9 Å². The van der Waals surface area contributed by atoms with Gasteiger partial charge in [-0.1, -0.05) is 18.7 Å². The molecule has 0 saturated carbocycles. The normalized spacial score (nSPS) is 14.9. The van der Waals surface area contributed by atoms with Gasteiger partial charge in [-0.25, -0.2) is 4.98 Å². The number of nitrogens with one attached hydrogen (secondary N) is 1. The zero-order valence-electron chi connectivity index (χ0n) is 15.1. The highest BCUT2D eigenvalue weighted by Crippen LogP contribution is 2.30. The molecule has 3 rings (SSSR count). The number of piperidine rings is 1. The Morgan fingerprint density at radius 3 is 2.85 bits per heavy atom. The van der Waals surface area contributed by atoms with E-state index in [0.29, 0.717) is 18.2 Å². The molecule has 1 aliphatic rings. The number of hydrogen-bond donors (Lipinski definition) is 1. The third-order valence-electron chi connectivity index (χ3n) is 4.73. The van der Waals surface area contributed by atoms with Gasteiger partial charge in [-0.15, -0.1) is 0 Å². The Morgan fingerprint density at radius 2 is 2.19 bits per heavy atom. The number of imidazole rings is 1. The molecule has 1 aliphatic heterocycles. The molecule has 2 heterocycles. The second-order valence-corrected chi connectivity index (χ2v) is 6.48. The minimum atomic E-state index is 0.00857. The molecule has 0 bridgehead atoms. The smallest absolute Gasteiger partial charge is 0.274 e. The van der Waals surface area contributed by atoms with Gasteiger partial charge in [0.05, 0.1) is 13.4 Å². The Kier molecular flexibility index (Phi) is 5.94. The molecule has 0 unspecified atom stereocenters. The van der Waals surface area contributed by atoms with E-state index in [1.807, 2.05) is 17.0 Å². The van der Waals surface area contributed by atoms with Crippen molar-refractivity contribution in [1.82, 2.24) is 14.9 Å². The van der Waals surface area contributed by atoms with Crippen LogP contribution >= 0.6 is 0 Å². The first-order valence-corrected chi connectivity index (χ1v) is 8.90. The Hall–Kier alpha value is -2.76. The first kappa shape index (κ1) is 18.0. The molecule has 1 saturated heterocycles. The lowest BCUT2D eigenvalue weighted by Crippen LogP contribution is -2.39. The number of aromatic nitrogens is 2. The van der Waals surface area contributed by atoms with Crippen LogP contribution in [0.25, 0.3) is 0 Å². The fourth-order valence-corrected chi connectivity index (χ4v) is 3.32. The molecular formula is C20H25N3O3. The van der Waals surface area contributed by atoms with Crippen LogP contribution in [0.2, 0.25) is 0 Å². The van der Waals surface area contributed by atoms with Gasteiger partial charge in [0.2, 0.25) is 0 Å². The number of ether oxygens (including phenoxy) is 2. The SMILES string of the molecule is C=CCOc1cc(CC2CCN(C(=O)c3c[nH]cn3)CC2)ccc1OC. The second-order valence-electron chi connectivity index (χ2n) is 6.48. The number of H-pyrrole nitrogens is 1. The van der Waals surface area contributed by atoms with Crippen molar-refractivity contribution in [2.24, 2.45) is 5.92 Å². The zero-order chi connectivity index (χ0) is 18.4. The summed E-state index contributed by atoms with van der Waals surface area (Å²) in [5.74, 6) is 2.04. The molecule has 1 aromatic carbocycles. The lowest BCUT2D eigenvalue weighted by molar-refractivity contribution is 0.0685. The summed E-state index contributed by atoms with van der Waals surface area (Å²) in [6.07, 6.45) is 7.86. The van der Waals surface area contributed by atoms with Gasteiger partial charge in [-0.3, -0.25) is 4.79 Å². The van der Waals surface area contributed by atoms with Crippen LogP contribution in [-0.4, -0.2) is 47.6 Å². The molecule has 0 spiro atoms. The van der Waals surface area contributed by atoms with Crippen LogP contribution in [-0.2, 0) is 6.42 Å². The van der Waals surface area contributed by atoms with Gasteiger partial charge in [0, 0.05) is 19.3 Å². The van der Waals surface area contributed by atoms with E-state index in [2.05, 4.69) is 22.6 Å². The highest BCUT2D eigenvalue weighted by molar-refractivity contribution is 5.92. The van der Waals surface area contributed by atoms with Gasteiger partial charge >= 0.3 is 0 Å². The molecule has 2 aromatic rings. The fourth-order valence-electron chi connectivity index (χ4n) is 3.32. The maximum atomic E-state index is 12.3. The monoisotopic (exact) mass is 355 g/mol. The Balaban J connectivity index is 1.57. The first-order chi connectivity index (χ1) is 12.7. The molecule has 26 heavy (non-hydrogen) atoms. The van der Waals surface area contributed by atoms with Gasteiger partial charge in [0.15, 0.2) is 11.5 Å². The van der Waals surface area contributed by atoms with Crippen molar-refractivity contribution < 1.29 is 14.3 Å². The number of carbonyl (C=O) groups excluding carboxylic acids is 1. The largest absolute Gasteiger partial charge is 0.493 e. The van der Waals surface area contributed by atoms with Crippen molar-refractivity contribution in [2.45, 2.75) is 19.3 Å². The summed E-state index contributed by atoms with van der Waals surface area (Å²) < 4.78 is 11.0. The average Bonchev–Trinajstić information content (AvgIpc) is 3.21. The van der Waals surface area contributed by atoms with Gasteiger partial charge < -0.3 is 19.4 Å². The zero-order valence-corrected chi connectivity index (χ0v) is 15.1. The van der Waals surface area contributed by atoms with E-state index < -0.39 is 0 Å². The van der Waals surface area contributed by atoms with Crippen molar-refractivity contribution in [3.63, 3.8) is 0 Å². The van der Waals surface area contributed by atoms with Crippen LogP contribution < -0.4 is 9.47 Å². The number of hydrogen-bond acceptors (Lipinski definition) is 4. The van der Waals surface area contributed by atoms with Crippen LogP contribution in [0.1, 0.15) is 28.9 Å². The second kappa shape index (κ2) is 8.56. The van der Waals surface area contributed by atoms with Crippen molar-refractivity contribution in [1.29, 1.82) is 0 Å². The summed E-state index contributed by atoms with van der Waals surface area (Å²) in [6.45, 7) is 5.67. The van der Waals surface area contributed by atoms with Crippen LogP contribution in [0.15, 0.2) is 43.4 Å². The van der Waals surface area contributed by atoms with E-state index in [1.165, 1.54) is 11.9 Å². The standard InChI is InChI=1S/C20H25N3O3/c1-3-10-26-19-12-16(4-5-18(19)25-2)11-15-6-8-23(9-7-15)20(24)17-13-21-14-22-17/h3-5,12-15H,1,6-11H2,2H3,(H,21,22). The van der Waals surface area contributed by atoms with Crippen molar-refractivity contribution in [3.05, 3.63) is 54.6 Å². The van der Waals surface area contributed by atoms with Crippen molar-refractivity contribution >= 4 is 5.91 Å². The molecule has 1 fully saturated rings. The molecule has 6 heteroatoms. The molecular weight excluding hydrogens is 330 g/mol. The predicted molar refractivity (Wildman–Crippen MR) is 99.6 cm³/mol. The van der Waals surface area contributed by atoms with Crippen molar-refractivity contribution in [3.8, 4) is 11.5 Å². The summed E-state index contributed by atoms with van der Waals surface area (Å²) in [5.41, 5.74) is 1.71. The maximum Gasteiger partial charge on any atom is 0.274 e. The summed E-state index contributed by atoms with van der Waals surface area (Å²) >= 11 is 0. The number of aromatic amines is 1. The molecule has 138 valence electrons. The number of carbonyl (C=O) groups is 1. The van der Waals surface area contributed by atoms with E-state index in [0.717, 1.165) is 43.9 Å². The summed E-state index contributed by atoms with van der Waals surface area (Å²) in [7, 11) is 1.64. The van der Waals surface area contributed by atoms with Gasteiger partial charge in [0.1, 0.15) is 12.3 Å². The Labute approximate surface area is 153 Å². The molecule has 0 radical (unpaired) electrons. The Bertz CT molecular complexity index is 735. The van der Waals surface area contributed by atoms with Crippen LogP contribution in [0.4, 0.5) is 0 Å². The number of benzene rings is 1. The number of likely N-dealkylation sites (tertiary alicyclic amines) is 1. The van der Waals surface area contributed by atoms with Crippen LogP contribution in [0.5, 0.6) is 11.5 Å². The highest BCUT2D eigenvalue weighted by Gasteiger charge is 2.24. The predicted octanol–water partition coefficient (Wildman–Crippen LogP) is 3.08. The van der Waals surface area contributed by atoms with E-state index in [1.54, 1.807) is 19.4 Å². The number of amides is 1. The summed E-state index contributed by atoms with van der Waals surface area (Å²) in [4.78, 5) is 21.1. The Morgan fingerprint density at radius 1 is 1.38 bits per heavy atom. The van der Waals surface area contributed by atoms with Crippen LogP contribution in [0.3, 0.4) is 0 Å². The molecule has 0 atom stereocenters.